The highest BCUT2D eigenvalue weighted by Crippen LogP contribution is 2.55. The van der Waals surface area contributed by atoms with E-state index in [1.165, 1.54) is 4.90 Å². The average molecular weight is 467 g/mol. The second-order valence-corrected chi connectivity index (χ2v) is 10.3. The quantitative estimate of drug-likeness (QED) is 0.537. The Morgan fingerprint density at radius 3 is 2.53 bits per heavy atom. The molecule has 34 heavy (non-hydrogen) atoms. The van der Waals surface area contributed by atoms with Gasteiger partial charge in [0.25, 0.3) is 0 Å². The summed E-state index contributed by atoms with van der Waals surface area (Å²) in [5.74, 6) is -2.97. The number of rotatable bonds is 3. The van der Waals surface area contributed by atoms with E-state index in [0.29, 0.717) is 12.1 Å². The molecule has 0 aliphatic carbocycles. The zero-order chi connectivity index (χ0) is 24.3. The van der Waals surface area contributed by atoms with Gasteiger partial charge in [0.05, 0.1) is 24.7 Å². The van der Waals surface area contributed by atoms with Gasteiger partial charge in [0.2, 0.25) is 11.8 Å². The molecular weight excluding hydrogens is 436 g/mol. The fourth-order valence-electron chi connectivity index (χ4n) is 5.88. The minimum Gasteiger partial charge on any atom is -0.461 e. The number of ether oxygens (including phenoxy) is 2. The van der Waals surface area contributed by atoms with Crippen molar-refractivity contribution in [2.24, 2.45) is 11.8 Å². The first-order valence-electron chi connectivity index (χ1n) is 11.7. The highest BCUT2D eigenvalue weighted by atomic mass is 16.6. The first kappa shape index (κ1) is 22.8. The number of nitrogens with zero attached hydrogens (tertiary/aromatic N) is 2. The number of benzene rings is 1. The molecule has 0 bridgehead atoms. The second-order valence-electron chi connectivity index (χ2n) is 10.3. The topological polar surface area (TPSA) is 96.4 Å². The molecular formula is C26H30N2O6. The Balaban J connectivity index is 1.69. The molecule has 0 saturated carbocycles. The highest BCUT2D eigenvalue weighted by Gasteiger charge is 2.73. The number of carbonyl (C=O) groups excluding carboxylic acids is 3. The van der Waals surface area contributed by atoms with Gasteiger partial charge in [-0.05, 0) is 32.4 Å². The van der Waals surface area contributed by atoms with Crippen LogP contribution < -0.4 is 0 Å². The van der Waals surface area contributed by atoms with Crippen molar-refractivity contribution in [3.63, 3.8) is 0 Å². The van der Waals surface area contributed by atoms with E-state index in [-0.39, 0.29) is 25.0 Å². The van der Waals surface area contributed by atoms with Gasteiger partial charge in [0.15, 0.2) is 0 Å². The molecule has 4 heterocycles. The molecule has 8 heteroatoms. The number of aliphatic hydroxyl groups is 1. The smallest absolute Gasteiger partial charge is 0.313 e. The summed E-state index contributed by atoms with van der Waals surface area (Å²) < 4.78 is 11.9. The summed E-state index contributed by atoms with van der Waals surface area (Å²) in [5, 5.41) is 10.4. The molecule has 180 valence electrons. The summed E-state index contributed by atoms with van der Waals surface area (Å²) in [6.07, 6.45) is 6.43. The van der Waals surface area contributed by atoms with Crippen LogP contribution in [0.1, 0.15) is 32.4 Å². The minimum atomic E-state index is -1.34. The van der Waals surface area contributed by atoms with Crippen molar-refractivity contribution < 1.29 is 29.0 Å². The van der Waals surface area contributed by atoms with Crippen molar-refractivity contribution in [3.05, 3.63) is 60.2 Å². The third-order valence-electron chi connectivity index (χ3n) is 7.35. The molecule has 2 saturated heterocycles. The minimum absolute atomic E-state index is 0.117. The van der Waals surface area contributed by atoms with Gasteiger partial charge in [0, 0.05) is 12.1 Å². The maximum atomic E-state index is 14.2. The van der Waals surface area contributed by atoms with Gasteiger partial charge >= 0.3 is 5.97 Å². The summed E-state index contributed by atoms with van der Waals surface area (Å²) in [6, 6.07) is 7.34. The first-order chi connectivity index (χ1) is 16.2. The number of aliphatic hydroxyl groups excluding tert-OH is 1. The molecule has 1 spiro atoms. The molecule has 8 nitrogen and oxygen atoms in total. The average Bonchev–Trinajstić information content (AvgIpc) is 3.09. The first-order valence-corrected chi connectivity index (χ1v) is 11.7. The van der Waals surface area contributed by atoms with E-state index >= 15 is 0 Å². The molecule has 1 unspecified atom stereocenters. The Hall–Kier alpha value is -2.97. The fraction of sp³-hybridized carbons (Fsp3) is 0.500. The Bertz CT molecular complexity index is 1060. The Morgan fingerprint density at radius 2 is 1.85 bits per heavy atom. The van der Waals surface area contributed by atoms with Crippen LogP contribution in [0.5, 0.6) is 0 Å². The molecule has 0 aromatic heterocycles. The molecule has 5 rings (SSSR count). The number of esters is 1. The number of amides is 2. The Labute approximate surface area is 198 Å². The van der Waals surface area contributed by atoms with Crippen molar-refractivity contribution in [3.8, 4) is 0 Å². The van der Waals surface area contributed by atoms with Crippen LogP contribution in [0.2, 0.25) is 0 Å². The molecule has 6 atom stereocenters. The lowest BCUT2D eigenvalue weighted by Gasteiger charge is -2.42. The van der Waals surface area contributed by atoms with E-state index in [1.807, 2.05) is 57.2 Å². The summed E-state index contributed by atoms with van der Waals surface area (Å²) >= 11 is 0. The van der Waals surface area contributed by atoms with Crippen molar-refractivity contribution in [2.75, 3.05) is 19.8 Å². The van der Waals surface area contributed by atoms with E-state index in [0.717, 1.165) is 0 Å². The summed E-state index contributed by atoms with van der Waals surface area (Å²) in [6.45, 7) is 5.91. The fourth-order valence-corrected chi connectivity index (χ4v) is 5.88. The number of likely N-dealkylation sites (tertiary alicyclic amines) is 1. The summed E-state index contributed by atoms with van der Waals surface area (Å²) in [4.78, 5) is 44.5. The monoisotopic (exact) mass is 466 g/mol. The molecule has 4 aliphatic heterocycles. The van der Waals surface area contributed by atoms with Gasteiger partial charge in [-0.25, -0.2) is 0 Å². The normalized spacial score (nSPS) is 33.7. The molecule has 0 radical (unpaired) electrons. The third kappa shape index (κ3) is 3.23. The van der Waals surface area contributed by atoms with E-state index in [2.05, 4.69) is 0 Å². The van der Waals surface area contributed by atoms with Gasteiger partial charge in [-0.1, -0.05) is 48.6 Å². The maximum absolute atomic E-state index is 14.2. The van der Waals surface area contributed by atoms with Crippen molar-refractivity contribution in [1.29, 1.82) is 0 Å². The van der Waals surface area contributed by atoms with Crippen LogP contribution in [-0.2, 0) is 23.9 Å². The molecule has 4 aliphatic rings. The van der Waals surface area contributed by atoms with Gasteiger partial charge in [0.1, 0.15) is 24.2 Å². The largest absolute Gasteiger partial charge is 0.461 e. The van der Waals surface area contributed by atoms with Gasteiger partial charge in [-0.15, -0.1) is 0 Å². The Kier molecular flexibility index (Phi) is 5.41. The molecule has 1 N–H and O–H groups in total. The second kappa shape index (κ2) is 8.06. The zero-order valence-electron chi connectivity index (χ0n) is 19.6. The highest BCUT2D eigenvalue weighted by molar-refractivity contribution is 5.99. The SMILES string of the molecule is CC(C)(C)N1CC=C[C@]23O[C@H]4C=CCOC(=O)[C@H]4[C@H]2C(=O)N([C@H](CO)c2ccccc2)C3C1=O. The van der Waals surface area contributed by atoms with Crippen LogP contribution in [0, 0.1) is 11.8 Å². The van der Waals surface area contributed by atoms with E-state index in [1.54, 1.807) is 23.1 Å². The van der Waals surface area contributed by atoms with E-state index in [4.69, 9.17) is 9.47 Å². The number of cyclic esters (lactones) is 1. The number of carbonyl (C=O) groups is 3. The standard InChI is InChI=1S/C26H30N2O6/c1-25(2,3)27-13-8-12-26-20(19-18(34-26)11-7-14-33-24(19)32)22(30)28(21(26)23(27)31)17(15-29)16-9-5-4-6-10-16/h4-12,17-21,29H,13-15H2,1-3H3/t17-,18+,19-,20+,21?,26+/m1/s1. The molecule has 2 amide bonds. The molecule has 2 fully saturated rings. The van der Waals surface area contributed by atoms with Crippen LogP contribution in [0.15, 0.2) is 54.6 Å². The van der Waals surface area contributed by atoms with Crippen molar-refractivity contribution in [2.45, 2.75) is 50.1 Å². The molecule has 1 aromatic rings. The third-order valence-corrected chi connectivity index (χ3v) is 7.35. The van der Waals surface area contributed by atoms with Crippen molar-refractivity contribution >= 4 is 17.8 Å². The van der Waals surface area contributed by atoms with Gasteiger partial charge in [-0.3, -0.25) is 14.4 Å². The van der Waals surface area contributed by atoms with Crippen LogP contribution >= 0.6 is 0 Å². The molecule has 1 aromatic carbocycles. The summed E-state index contributed by atoms with van der Waals surface area (Å²) in [5.41, 5.74) is -1.15. The van der Waals surface area contributed by atoms with Gasteiger partial charge < -0.3 is 24.4 Å². The number of fused-ring (bicyclic) bond motifs is 2. The van der Waals surface area contributed by atoms with Crippen LogP contribution in [0.25, 0.3) is 0 Å². The summed E-state index contributed by atoms with van der Waals surface area (Å²) in [7, 11) is 0. The predicted octanol–water partition coefficient (Wildman–Crippen LogP) is 1.61. The maximum Gasteiger partial charge on any atom is 0.313 e. The van der Waals surface area contributed by atoms with E-state index < -0.39 is 47.1 Å². The lowest BCUT2D eigenvalue weighted by atomic mass is 9.78. The van der Waals surface area contributed by atoms with Crippen LogP contribution in [0.4, 0.5) is 0 Å². The lowest BCUT2D eigenvalue weighted by Crippen LogP contribution is -2.59. The predicted molar refractivity (Wildman–Crippen MR) is 122 cm³/mol. The Morgan fingerprint density at radius 1 is 1.12 bits per heavy atom. The lowest BCUT2D eigenvalue weighted by molar-refractivity contribution is -0.156. The van der Waals surface area contributed by atoms with Crippen molar-refractivity contribution in [1.82, 2.24) is 9.80 Å². The number of hydrogen-bond acceptors (Lipinski definition) is 6. The number of hydrogen-bond donors (Lipinski definition) is 1. The van der Waals surface area contributed by atoms with E-state index in [9.17, 15) is 19.5 Å². The zero-order valence-corrected chi connectivity index (χ0v) is 19.6. The van der Waals surface area contributed by atoms with Crippen LogP contribution in [-0.4, -0.2) is 75.7 Å². The van der Waals surface area contributed by atoms with Crippen LogP contribution in [0.3, 0.4) is 0 Å². The van der Waals surface area contributed by atoms with Gasteiger partial charge in [-0.2, -0.15) is 0 Å².